The number of nitrogens with two attached hydrogens (primary N) is 1. The second-order valence-corrected chi connectivity index (χ2v) is 6.27. The van der Waals surface area contributed by atoms with E-state index in [-0.39, 0.29) is 10.6 Å². The maximum Gasteiger partial charge on any atom is 0.321 e. The van der Waals surface area contributed by atoms with E-state index >= 15 is 0 Å². The number of H-pyrrole nitrogens is 1. The Morgan fingerprint density at radius 3 is 2.52 bits per heavy atom. The molecule has 8 nitrogen and oxygen atoms in total. The lowest BCUT2D eigenvalue weighted by Crippen LogP contribution is -2.35. The number of benzene rings is 2. The largest absolute Gasteiger partial charge is 0.399 e. The molecule has 3 aromatic rings. The van der Waals surface area contributed by atoms with Gasteiger partial charge in [-0.25, -0.2) is 0 Å². The van der Waals surface area contributed by atoms with E-state index in [0.29, 0.717) is 16.7 Å². The van der Waals surface area contributed by atoms with Crippen molar-refractivity contribution in [3.05, 3.63) is 63.2 Å². The standard InChI is InChI=1S/C14H11N3O5S/c15-8-4-5-11-12(6-8)17(14(19)13(18)16-11)9-2-1-3-10(7-9)23(20,21)22/h1-7H,15H2,(H,16,18)(H,20,21,22). The number of rotatable bonds is 2. The summed E-state index contributed by atoms with van der Waals surface area (Å²) in [6.45, 7) is 0. The molecular formula is C14H11N3O5S. The summed E-state index contributed by atoms with van der Waals surface area (Å²) in [7, 11) is -4.44. The van der Waals surface area contributed by atoms with Gasteiger partial charge >= 0.3 is 11.1 Å². The van der Waals surface area contributed by atoms with Crippen molar-refractivity contribution in [2.24, 2.45) is 0 Å². The molecule has 0 saturated heterocycles. The van der Waals surface area contributed by atoms with Gasteiger partial charge in [-0.05, 0) is 36.4 Å². The molecule has 0 fully saturated rings. The van der Waals surface area contributed by atoms with Crippen LogP contribution in [0.3, 0.4) is 0 Å². The Morgan fingerprint density at radius 2 is 1.83 bits per heavy atom. The third-order valence-corrected chi connectivity index (χ3v) is 4.13. The summed E-state index contributed by atoms with van der Waals surface area (Å²) in [5.74, 6) is 0. The number of anilines is 1. The molecule has 0 spiro atoms. The van der Waals surface area contributed by atoms with E-state index in [0.717, 1.165) is 10.6 Å². The molecule has 0 unspecified atom stereocenters. The lowest BCUT2D eigenvalue weighted by Gasteiger charge is -2.11. The molecule has 1 heterocycles. The van der Waals surface area contributed by atoms with Gasteiger partial charge in [0.05, 0.1) is 21.6 Å². The summed E-state index contributed by atoms with van der Waals surface area (Å²) in [6.07, 6.45) is 0. The molecule has 0 aliphatic heterocycles. The van der Waals surface area contributed by atoms with Crippen molar-refractivity contribution in [2.75, 3.05) is 5.73 Å². The summed E-state index contributed by atoms with van der Waals surface area (Å²) in [5, 5.41) is 0. The van der Waals surface area contributed by atoms with E-state index in [1.807, 2.05) is 0 Å². The maximum atomic E-state index is 12.2. The van der Waals surface area contributed by atoms with Crippen molar-refractivity contribution in [2.45, 2.75) is 4.90 Å². The van der Waals surface area contributed by atoms with E-state index in [2.05, 4.69) is 4.98 Å². The number of hydrogen-bond donors (Lipinski definition) is 3. The van der Waals surface area contributed by atoms with Crippen molar-refractivity contribution in [1.82, 2.24) is 9.55 Å². The molecule has 1 aromatic heterocycles. The lowest BCUT2D eigenvalue weighted by atomic mass is 10.2. The van der Waals surface area contributed by atoms with Crippen LogP contribution >= 0.6 is 0 Å². The Morgan fingerprint density at radius 1 is 1.09 bits per heavy atom. The van der Waals surface area contributed by atoms with Gasteiger partial charge in [0.25, 0.3) is 10.1 Å². The second kappa shape index (κ2) is 5.07. The Hall–Kier alpha value is -2.91. The molecule has 0 amide bonds. The number of fused-ring (bicyclic) bond motifs is 1. The molecule has 4 N–H and O–H groups in total. The Labute approximate surface area is 129 Å². The van der Waals surface area contributed by atoms with E-state index in [4.69, 9.17) is 10.3 Å². The third-order valence-electron chi connectivity index (χ3n) is 3.28. The van der Waals surface area contributed by atoms with Crippen molar-refractivity contribution in [3.8, 4) is 5.69 Å². The minimum atomic E-state index is -4.44. The lowest BCUT2D eigenvalue weighted by molar-refractivity contribution is 0.483. The van der Waals surface area contributed by atoms with Gasteiger partial charge in [0.1, 0.15) is 0 Å². The molecule has 0 bridgehead atoms. The number of nitrogens with one attached hydrogen (secondary N) is 1. The highest BCUT2D eigenvalue weighted by Crippen LogP contribution is 2.19. The molecule has 0 atom stereocenters. The maximum absolute atomic E-state index is 12.2. The van der Waals surface area contributed by atoms with Gasteiger partial charge in [-0.3, -0.25) is 18.7 Å². The average Bonchev–Trinajstić information content (AvgIpc) is 2.48. The molecule has 0 radical (unpaired) electrons. The van der Waals surface area contributed by atoms with Crippen LogP contribution in [0.25, 0.3) is 16.7 Å². The van der Waals surface area contributed by atoms with Gasteiger partial charge in [0.15, 0.2) is 0 Å². The number of nitrogens with zero attached hydrogens (tertiary/aromatic N) is 1. The fourth-order valence-corrected chi connectivity index (χ4v) is 2.79. The molecule has 2 aromatic carbocycles. The average molecular weight is 333 g/mol. The number of hydrogen-bond acceptors (Lipinski definition) is 5. The summed E-state index contributed by atoms with van der Waals surface area (Å²) in [5.41, 5.74) is 5.11. The normalized spacial score (nSPS) is 11.7. The highest BCUT2D eigenvalue weighted by Gasteiger charge is 2.14. The van der Waals surface area contributed by atoms with Crippen molar-refractivity contribution in [1.29, 1.82) is 0 Å². The Balaban J connectivity index is 2.45. The topological polar surface area (TPSA) is 135 Å². The quantitative estimate of drug-likeness (QED) is 0.355. The first-order chi connectivity index (χ1) is 10.8. The Bertz CT molecular complexity index is 1150. The van der Waals surface area contributed by atoms with Crippen LogP contribution in [0.15, 0.2) is 56.9 Å². The smallest absolute Gasteiger partial charge is 0.321 e. The highest BCUT2D eigenvalue weighted by molar-refractivity contribution is 7.85. The summed E-state index contributed by atoms with van der Waals surface area (Å²) in [4.78, 5) is 26.1. The fourth-order valence-electron chi connectivity index (χ4n) is 2.27. The minimum Gasteiger partial charge on any atom is -0.399 e. The van der Waals surface area contributed by atoms with Gasteiger partial charge in [0.2, 0.25) is 0 Å². The molecule has 0 aliphatic carbocycles. The summed E-state index contributed by atoms with van der Waals surface area (Å²) < 4.78 is 32.7. The Kier molecular flexibility index (Phi) is 3.31. The van der Waals surface area contributed by atoms with Crippen LogP contribution in [0.2, 0.25) is 0 Å². The molecule has 9 heteroatoms. The number of aromatic amines is 1. The van der Waals surface area contributed by atoms with Crippen molar-refractivity contribution < 1.29 is 13.0 Å². The van der Waals surface area contributed by atoms with Gasteiger partial charge in [-0.15, -0.1) is 0 Å². The molecule has 118 valence electrons. The van der Waals surface area contributed by atoms with E-state index < -0.39 is 21.2 Å². The minimum absolute atomic E-state index is 0.117. The van der Waals surface area contributed by atoms with Gasteiger partial charge in [0, 0.05) is 5.69 Å². The molecule has 23 heavy (non-hydrogen) atoms. The predicted octanol–water partition coefficient (Wildman–Crippen LogP) is 0.508. The summed E-state index contributed by atoms with van der Waals surface area (Å²) in [6, 6.07) is 9.64. The summed E-state index contributed by atoms with van der Waals surface area (Å²) >= 11 is 0. The zero-order valence-corrected chi connectivity index (χ0v) is 12.4. The van der Waals surface area contributed by atoms with Gasteiger partial charge in [-0.1, -0.05) is 6.07 Å². The molecular weight excluding hydrogens is 322 g/mol. The monoisotopic (exact) mass is 333 g/mol. The van der Waals surface area contributed by atoms with Crippen LogP contribution in [0.4, 0.5) is 5.69 Å². The van der Waals surface area contributed by atoms with Crippen LogP contribution < -0.4 is 16.9 Å². The van der Waals surface area contributed by atoms with Crippen LogP contribution in [0.5, 0.6) is 0 Å². The van der Waals surface area contributed by atoms with Gasteiger partial charge < -0.3 is 10.7 Å². The predicted molar refractivity (Wildman–Crippen MR) is 84.4 cm³/mol. The second-order valence-electron chi connectivity index (χ2n) is 4.84. The molecule has 3 rings (SSSR count). The van der Waals surface area contributed by atoms with Gasteiger partial charge in [-0.2, -0.15) is 8.42 Å². The molecule has 0 aliphatic rings. The molecule has 0 saturated carbocycles. The van der Waals surface area contributed by atoms with E-state index in [1.165, 1.54) is 30.3 Å². The first-order valence-electron chi connectivity index (χ1n) is 6.40. The zero-order chi connectivity index (χ0) is 16.8. The van der Waals surface area contributed by atoms with Crippen molar-refractivity contribution in [3.63, 3.8) is 0 Å². The van der Waals surface area contributed by atoms with E-state index in [9.17, 15) is 18.0 Å². The van der Waals surface area contributed by atoms with Crippen LogP contribution in [-0.2, 0) is 10.1 Å². The fraction of sp³-hybridized carbons (Fsp3) is 0. The SMILES string of the molecule is Nc1ccc2[nH]c(=O)c(=O)n(-c3cccc(S(=O)(=O)O)c3)c2c1. The van der Waals surface area contributed by atoms with Crippen LogP contribution in [0.1, 0.15) is 0 Å². The number of aromatic nitrogens is 2. The van der Waals surface area contributed by atoms with Crippen LogP contribution in [-0.4, -0.2) is 22.5 Å². The first kappa shape index (κ1) is 15.0. The van der Waals surface area contributed by atoms with Crippen LogP contribution in [0, 0.1) is 0 Å². The van der Waals surface area contributed by atoms with Crippen molar-refractivity contribution >= 4 is 26.8 Å². The third kappa shape index (κ3) is 2.62. The first-order valence-corrected chi connectivity index (χ1v) is 7.84. The van der Waals surface area contributed by atoms with E-state index in [1.54, 1.807) is 6.07 Å². The highest BCUT2D eigenvalue weighted by atomic mass is 32.2. The number of nitrogen functional groups attached to an aromatic ring is 1. The zero-order valence-electron chi connectivity index (χ0n) is 11.6.